The molecule has 0 saturated heterocycles. The molecule has 0 spiro atoms. The Morgan fingerprint density at radius 2 is 1.92 bits per heavy atom. The first kappa shape index (κ1) is 18.5. The van der Waals surface area contributed by atoms with Gasteiger partial charge in [-0.05, 0) is 64.0 Å². The number of methoxy groups -OCH3 is 1. The number of hydrogen-bond acceptors (Lipinski definition) is 5. The molecule has 0 heterocycles. The number of carbonyl (C=O) groups excluding carboxylic acids is 2. The van der Waals surface area contributed by atoms with Crippen molar-refractivity contribution in [1.29, 1.82) is 0 Å². The lowest BCUT2D eigenvalue weighted by Gasteiger charge is -2.05. The van der Waals surface area contributed by atoms with Gasteiger partial charge in [-0.25, -0.2) is 5.43 Å². The number of hydrazone groups is 1. The quantitative estimate of drug-likeness (QED) is 0.390. The largest absolute Gasteiger partial charge is 0.507 e. The normalized spacial score (nSPS) is 10.5. The number of aromatic hydroxyl groups is 1. The maximum atomic E-state index is 11.8. The molecule has 0 radical (unpaired) electrons. The van der Waals surface area contributed by atoms with Crippen molar-refractivity contribution >= 4 is 39.6 Å². The molecule has 0 saturated carbocycles. The second kappa shape index (κ2) is 8.84. The van der Waals surface area contributed by atoms with Crippen LogP contribution in [0.3, 0.4) is 0 Å². The summed E-state index contributed by atoms with van der Waals surface area (Å²) in [6, 6.07) is 11.5. The number of hydrogen-bond donors (Lipinski definition) is 3. The van der Waals surface area contributed by atoms with E-state index in [-0.39, 0.29) is 12.2 Å². The predicted molar refractivity (Wildman–Crippen MR) is 97.8 cm³/mol. The molecule has 0 unspecified atom stereocenters. The van der Waals surface area contributed by atoms with Crippen molar-refractivity contribution in [2.75, 3.05) is 12.4 Å². The van der Waals surface area contributed by atoms with Gasteiger partial charge in [-0.3, -0.25) is 9.59 Å². The minimum Gasteiger partial charge on any atom is -0.507 e. The molecule has 130 valence electrons. The van der Waals surface area contributed by atoms with Gasteiger partial charge in [0.25, 0.3) is 0 Å². The minimum atomic E-state index is -0.542. The molecule has 2 aromatic carbocycles. The van der Waals surface area contributed by atoms with Gasteiger partial charge in [-0.2, -0.15) is 5.10 Å². The summed E-state index contributed by atoms with van der Waals surface area (Å²) in [6.45, 7) is 0. The molecule has 0 aromatic heterocycles. The van der Waals surface area contributed by atoms with Gasteiger partial charge in [0.15, 0.2) is 0 Å². The van der Waals surface area contributed by atoms with Crippen LogP contribution in [0.25, 0.3) is 0 Å². The van der Waals surface area contributed by atoms with Crippen LogP contribution in [0.5, 0.6) is 11.5 Å². The van der Waals surface area contributed by atoms with E-state index < -0.39 is 11.8 Å². The van der Waals surface area contributed by atoms with Gasteiger partial charge in [0.05, 0.1) is 17.8 Å². The lowest BCUT2D eigenvalue weighted by Crippen LogP contribution is -2.24. The van der Waals surface area contributed by atoms with Crippen LogP contribution in [0.2, 0.25) is 0 Å². The molecule has 2 rings (SSSR count). The third kappa shape index (κ3) is 5.92. The van der Waals surface area contributed by atoms with E-state index in [4.69, 9.17) is 4.74 Å². The standard InChI is InChI=1S/C17H16BrN3O4/c1-25-13-5-3-12(4-6-13)20-16(23)9-17(24)21-19-10-11-2-7-15(22)14(18)8-11/h2-8,10,22H,9H2,1H3,(H,20,23)(H,21,24). The Morgan fingerprint density at radius 3 is 2.56 bits per heavy atom. The average Bonchev–Trinajstić information content (AvgIpc) is 2.58. The zero-order valence-corrected chi connectivity index (χ0v) is 14.9. The summed E-state index contributed by atoms with van der Waals surface area (Å²) in [5, 5.41) is 15.8. The van der Waals surface area contributed by atoms with Gasteiger partial charge in [0, 0.05) is 5.69 Å². The molecule has 0 fully saturated rings. The highest BCUT2D eigenvalue weighted by Crippen LogP contribution is 2.23. The molecule has 0 aliphatic rings. The van der Waals surface area contributed by atoms with Crippen LogP contribution >= 0.6 is 15.9 Å². The minimum absolute atomic E-state index is 0.108. The topological polar surface area (TPSA) is 100 Å². The van der Waals surface area contributed by atoms with Crippen LogP contribution in [0.4, 0.5) is 5.69 Å². The van der Waals surface area contributed by atoms with Crippen LogP contribution in [-0.4, -0.2) is 30.2 Å². The molecule has 25 heavy (non-hydrogen) atoms. The smallest absolute Gasteiger partial charge is 0.249 e. The first-order chi connectivity index (χ1) is 12.0. The van der Waals surface area contributed by atoms with E-state index >= 15 is 0 Å². The maximum Gasteiger partial charge on any atom is 0.249 e. The van der Waals surface area contributed by atoms with Gasteiger partial charge < -0.3 is 15.2 Å². The number of phenols is 1. The molecule has 7 nitrogen and oxygen atoms in total. The Kier molecular flexibility index (Phi) is 6.53. The number of anilines is 1. The molecule has 0 bridgehead atoms. The number of amides is 2. The zero-order valence-electron chi connectivity index (χ0n) is 13.3. The fourth-order valence-electron chi connectivity index (χ4n) is 1.85. The van der Waals surface area contributed by atoms with Gasteiger partial charge in [-0.15, -0.1) is 0 Å². The number of phenolic OH excluding ortho intramolecular Hbond substituents is 1. The predicted octanol–water partition coefficient (Wildman–Crippen LogP) is 2.64. The monoisotopic (exact) mass is 405 g/mol. The van der Waals surface area contributed by atoms with E-state index in [9.17, 15) is 14.7 Å². The lowest BCUT2D eigenvalue weighted by atomic mass is 10.2. The summed E-state index contributed by atoms with van der Waals surface area (Å²) < 4.78 is 5.54. The highest BCUT2D eigenvalue weighted by atomic mass is 79.9. The fraction of sp³-hybridized carbons (Fsp3) is 0.118. The molecular formula is C17H16BrN3O4. The summed E-state index contributed by atoms with van der Waals surface area (Å²) in [4.78, 5) is 23.5. The zero-order chi connectivity index (χ0) is 18.2. The van der Waals surface area contributed by atoms with Crippen LogP contribution in [-0.2, 0) is 9.59 Å². The van der Waals surface area contributed by atoms with Crippen LogP contribution in [0.1, 0.15) is 12.0 Å². The van der Waals surface area contributed by atoms with Crippen molar-refractivity contribution in [3.8, 4) is 11.5 Å². The molecule has 0 atom stereocenters. The lowest BCUT2D eigenvalue weighted by molar-refractivity contribution is -0.126. The van der Waals surface area contributed by atoms with Gasteiger partial charge >= 0.3 is 0 Å². The van der Waals surface area contributed by atoms with E-state index in [2.05, 4.69) is 31.8 Å². The van der Waals surface area contributed by atoms with Crippen LogP contribution in [0.15, 0.2) is 52.0 Å². The maximum absolute atomic E-state index is 11.8. The van der Waals surface area contributed by atoms with Gasteiger partial charge in [0.1, 0.15) is 17.9 Å². The van der Waals surface area contributed by atoms with E-state index in [0.29, 0.717) is 21.5 Å². The highest BCUT2D eigenvalue weighted by Gasteiger charge is 2.09. The van der Waals surface area contributed by atoms with Crippen molar-refractivity contribution in [3.05, 3.63) is 52.5 Å². The van der Waals surface area contributed by atoms with Crippen molar-refractivity contribution in [2.24, 2.45) is 5.10 Å². The number of rotatable bonds is 6. The summed E-state index contributed by atoms with van der Waals surface area (Å²) in [7, 11) is 1.55. The van der Waals surface area contributed by atoms with Crippen molar-refractivity contribution < 1.29 is 19.4 Å². The third-order valence-corrected chi connectivity index (χ3v) is 3.70. The van der Waals surface area contributed by atoms with Crippen LogP contribution < -0.4 is 15.5 Å². The summed E-state index contributed by atoms with van der Waals surface area (Å²) in [6.07, 6.45) is 1.05. The molecule has 0 aliphatic heterocycles. The first-order valence-electron chi connectivity index (χ1n) is 7.22. The SMILES string of the molecule is COc1ccc(NC(=O)CC(=O)NN=Cc2ccc(O)c(Br)c2)cc1. The first-order valence-corrected chi connectivity index (χ1v) is 8.01. The van der Waals surface area contributed by atoms with E-state index in [1.165, 1.54) is 12.3 Å². The summed E-state index contributed by atoms with van der Waals surface area (Å²) in [5.74, 6) is -0.215. The average molecular weight is 406 g/mol. The fourth-order valence-corrected chi connectivity index (χ4v) is 2.24. The Bertz CT molecular complexity index is 791. The summed E-state index contributed by atoms with van der Waals surface area (Å²) >= 11 is 3.18. The Morgan fingerprint density at radius 1 is 1.20 bits per heavy atom. The van der Waals surface area contributed by atoms with Gasteiger partial charge in [0.2, 0.25) is 11.8 Å². The number of nitrogens with one attached hydrogen (secondary N) is 2. The Hall–Kier alpha value is -2.87. The Balaban J connectivity index is 1.81. The van der Waals surface area contributed by atoms with Crippen molar-refractivity contribution in [3.63, 3.8) is 0 Å². The molecule has 2 amide bonds. The molecule has 0 aliphatic carbocycles. The summed E-state index contributed by atoms with van der Waals surface area (Å²) in [5.41, 5.74) is 3.51. The second-order valence-electron chi connectivity index (χ2n) is 4.96. The molecular weight excluding hydrogens is 390 g/mol. The number of benzene rings is 2. The number of ether oxygens (including phenoxy) is 1. The van der Waals surface area contributed by atoms with Crippen LogP contribution in [0, 0.1) is 0 Å². The number of halogens is 1. The van der Waals surface area contributed by atoms with Crippen molar-refractivity contribution in [1.82, 2.24) is 5.43 Å². The highest BCUT2D eigenvalue weighted by molar-refractivity contribution is 9.10. The molecule has 3 N–H and O–H groups in total. The number of carbonyl (C=O) groups is 2. The Labute approximate surface area is 152 Å². The van der Waals surface area contributed by atoms with E-state index in [0.717, 1.165) is 0 Å². The third-order valence-electron chi connectivity index (χ3n) is 3.07. The van der Waals surface area contributed by atoms with E-state index in [1.54, 1.807) is 43.5 Å². The van der Waals surface area contributed by atoms with Gasteiger partial charge in [-0.1, -0.05) is 0 Å². The molecule has 8 heteroatoms. The molecule has 2 aromatic rings. The van der Waals surface area contributed by atoms with Crippen molar-refractivity contribution in [2.45, 2.75) is 6.42 Å². The second-order valence-corrected chi connectivity index (χ2v) is 5.81. The van der Waals surface area contributed by atoms with E-state index in [1.807, 2.05) is 0 Å². The number of nitrogens with zero attached hydrogens (tertiary/aromatic N) is 1.